The monoisotopic (exact) mass is 617 g/mol. The number of hydrogen-bond donors (Lipinski definition) is 1. The normalized spacial score (nSPS) is 19.7. The third kappa shape index (κ3) is 5.50. The Morgan fingerprint density at radius 2 is 1.61 bits per heavy atom. The molecule has 0 bridgehead atoms. The summed E-state index contributed by atoms with van der Waals surface area (Å²) in [6.45, 7) is 7.76. The Hall–Kier alpha value is -5.05. The standard InChI is InChI=1S/C37H39N5O4/c1-3-45-33-17-14-26(24-34(33)46-4-2)35-28-8-5-6-9-29(28)37(44)42(39-35)27-15-12-25(13-16-27)36(43)41-22-20-40(21-23-41)32-11-7-10-31-30(32)18-19-38-31/h5-7,10-19,24,28-29,38H,3-4,8-9,20-23H2,1-2H3/t28-,29+/m0/s1. The predicted molar refractivity (Wildman–Crippen MR) is 181 cm³/mol. The molecular weight excluding hydrogens is 578 g/mol. The van der Waals surface area contributed by atoms with E-state index >= 15 is 0 Å². The van der Waals surface area contributed by atoms with E-state index in [-0.39, 0.29) is 23.7 Å². The molecule has 1 fully saturated rings. The van der Waals surface area contributed by atoms with Crippen LogP contribution in [0.25, 0.3) is 10.9 Å². The van der Waals surface area contributed by atoms with Gasteiger partial charge in [0, 0.05) is 66.0 Å². The molecule has 1 aromatic heterocycles. The van der Waals surface area contributed by atoms with E-state index in [9.17, 15) is 9.59 Å². The number of nitrogens with one attached hydrogen (secondary N) is 1. The van der Waals surface area contributed by atoms with E-state index < -0.39 is 0 Å². The SMILES string of the molecule is CCOc1ccc(C2=NN(c3ccc(C(=O)N4CCN(c5cccc6[nH]ccc56)CC4)cc3)C(=O)[C@@H]3CC=CC[C@H]23)cc1OCC. The van der Waals surface area contributed by atoms with E-state index in [1.54, 1.807) is 0 Å². The van der Waals surface area contributed by atoms with Crippen molar-refractivity contribution in [2.24, 2.45) is 16.9 Å². The molecule has 0 unspecified atom stereocenters. The van der Waals surface area contributed by atoms with E-state index in [2.05, 4.69) is 46.3 Å². The molecule has 3 heterocycles. The molecule has 2 amide bonds. The summed E-state index contributed by atoms with van der Waals surface area (Å²) in [5, 5.41) is 7.66. The summed E-state index contributed by atoms with van der Waals surface area (Å²) in [7, 11) is 0. The van der Waals surface area contributed by atoms with Gasteiger partial charge in [0.05, 0.1) is 30.5 Å². The van der Waals surface area contributed by atoms with Crippen LogP contribution in [0.2, 0.25) is 0 Å². The number of anilines is 2. The summed E-state index contributed by atoms with van der Waals surface area (Å²) in [5.41, 5.74) is 5.32. The van der Waals surface area contributed by atoms with Crippen LogP contribution in [-0.4, -0.2) is 66.8 Å². The average molecular weight is 618 g/mol. The number of ether oxygens (including phenoxy) is 2. The fraction of sp³-hybridized carbons (Fsp3) is 0.324. The lowest BCUT2D eigenvalue weighted by Gasteiger charge is -2.37. The highest BCUT2D eigenvalue weighted by atomic mass is 16.5. The third-order valence-corrected chi connectivity index (χ3v) is 9.19. The molecule has 7 rings (SSSR count). The molecule has 3 aromatic carbocycles. The van der Waals surface area contributed by atoms with Crippen molar-refractivity contribution in [3.63, 3.8) is 0 Å². The van der Waals surface area contributed by atoms with Gasteiger partial charge in [-0.15, -0.1) is 0 Å². The van der Waals surface area contributed by atoms with Crippen molar-refractivity contribution in [2.45, 2.75) is 26.7 Å². The maximum absolute atomic E-state index is 13.8. The molecule has 1 aliphatic carbocycles. The second-order valence-electron chi connectivity index (χ2n) is 11.9. The number of rotatable bonds is 8. The van der Waals surface area contributed by atoms with Gasteiger partial charge >= 0.3 is 0 Å². The Morgan fingerprint density at radius 3 is 2.37 bits per heavy atom. The smallest absolute Gasteiger partial charge is 0.253 e. The molecule has 9 heteroatoms. The maximum atomic E-state index is 13.8. The van der Waals surface area contributed by atoms with E-state index in [4.69, 9.17) is 14.6 Å². The first kappa shape index (κ1) is 29.6. The van der Waals surface area contributed by atoms with Gasteiger partial charge in [0.15, 0.2) is 11.5 Å². The van der Waals surface area contributed by atoms with Crippen molar-refractivity contribution in [1.82, 2.24) is 9.88 Å². The molecule has 0 saturated carbocycles. The lowest BCUT2D eigenvalue weighted by Crippen LogP contribution is -2.48. The van der Waals surface area contributed by atoms with Crippen LogP contribution in [0.5, 0.6) is 11.5 Å². The Kier molecular flexibility index (Phi) is 8.22. The van der Waals surface area contributed by atoms with Gasteiger partial charge in [0.2, 0.25) is 0 Å². The first-order valence-corrected chi connectivity index (χ1v) is 16.2. The van der Waals surface area contributed by atoms with Gasteiger partial charge in [0.25, 0.3) is 11.8 Å². The van der Waals surface area contributed by atoms with Crippen molar-refractivity contribution >= 4 is 39.8 Å². The Balaban J connectivity index is 1.10. The zero-order valence-electron chi connectivity index (χ0n) is 26.3. The van der Waals surface area contributed by atoms with Crippen LogP contribution in [0.1, 0.15) is 42.6 Å². The van der Waals surface area contributed by atoms with Crippen molar-refractivity contribution in [3.05, 3.63) is 96.2 Å². The van der Waals surface area contributed by atoms with Crippen LogP contribution >= 0.6 is 0 Å². The number of carbonyl (C=O) groups excluding carboxylic acids is 2. The molecule has 2 atom stereocenters. The van der Waals surface area contributed by atoms with Crippen LogP contribution in [0.15, 0.2) is 90.2 Å². The summed E-state index contributed by atoms with van der Waals surface area (Å²) in [6, 6.07) is 21.6. The molecule has 0 spiro atoms. The molecule has 2 aliphatic heterocycles. The lowest BCUT2D eigenvalue weighted by atomic mass is 9.76. The van der Waals surface area contributed by atoms with Crippen molar-refractivity contribution in [3.8, 4) is 11.5 Å². The minimum absolute atomic E-state index is 0.00413. The number of piperazine rings is 1. The zero-order chi connectivity index (χ0) is 31.6. The number of hydrazone groups is 1. The highest BCUT2D eigenvalue weighted by Crippen LogP contribution is 2.38. The first-order valence-electron chi connectivity index (χ1n) is 16.2. The van der Waals surface area contributed by atoms with Crippen molar-refractivity contribution in [1.29, 1.82) is 0 Å². The molecule has 3 aliphatic rings. The van der Waals surface area contributed by atoms with Crippen LogP contribution in [0, 0.1) is 11.8 Å². The number of fused-ring (bicyclic) bond motifs is 2. The van der Waals surface area contributed by atoms with Crippen LogP contribution in [0.3, 0.4) is 0 Å². The van der Waals surface area contributed by atoms with Gasteiger partial charge in [-0.25, -0.2) is 5.01 Å². The highest BCUT2D eigenvalue weighted by Gasteiger charge is 2.41. The Labute approximate surface area is 269 Å². The third-order valence-electron chi connectivity index (χ3n) is 9.19. The van der Waals surface area contributed by atoms with Gasteiger partial charge in [-0.05, 0) is 87.4 Å². The van der Waals surface area contributed by atoms with Gasteiger partial charge in [-0.1, -0.05) is 18.2 Å². The molecule has 0 radical (unpaired) electrons. The van der Waals surface area contributed by atoms with E-state index in [0.717, 1.165) is 36.3 Å². The number of aromatic nitrogens is 1. The number of amides is 2. The fourth-order valence-corrected chi connectivity index (χ4v) is 6.87. The second-order valence-corrected chi connectivity index (χ2v) is 11.9. The molecule has 9 nitrogen and oxygen atoms in total. The molecular formula is C37H39N5O4. The van der Waals surface area contributed by atoms with Gasteiger partial charge in [-0.2, -0.15) is 5.10 Å². The van der Waals surface area contributed by atoms with Gasteiger partial charge < -0.3 is 24.3 Å². The number of allylic oxidation sites excluding steroid dienone is 2. The number of carbonyl (C=O) groups is 2. The number of H-pyrrole nitrogens is 1. The number of aromatic amines is 1. The lowest BCUT2D eigenvalue weighted by molar-refractivity contribution is -0.123. The summed E-state index contributed by atoms with van der Waals surface area (Å²) < 4.78 is 11.7. The first-order chi connectivity index (χ1) is 22.6. The summed E-state index contributed by atoms with van der Waals surface area (Å²) in [4.78, 5) is 34.8. The van der Waals surface area contributed by atoms with Crippen LogP contribution in [-0.2, 0) is 4.79 Å². The van der Waals surface area contributed by atoms with Crippen molar-refractivity contribution in [2.75, 3.05) is 49.3 Å². The molecule has 236 valence electrons. The molecule has 1 N–H and O–H groups in total. The molecule has 1 saturated heterocycles. The van der Waals surface area contributed by atoms with E-state index in [1.807, 2.05) is 67.4 Å². The maximum Gasteiger partial charge on any atom is 0.253 e. The molecule has 4 aromatic rings. The Bertz CT molecular complexity index is 1800. The minimum atomic E-state index is -0.214. The fourth-order valence-electron chi connectivity index (χ4n) is 6.87. The van der Waals surface area contributed by atoms with Gasteiger partial charge in [-0.3, -0.25) is 9.59 Å². The highest BCUT2D eigenvalue weighted by molar-refractivity contribution is 6.11. The van der Waals surface area contributed by atoms with E-state index in [1.165, 1.54) is 16.1 Å². The van der Waals surface area contributed by atoms with Crippen molar-refractivity contribution < 1.29 is 19.1 Å². The number of benzene rings is 3. The topological polar surface area (TPSA) is 90.5 Å². The zero-order valence-corrected chi connectivity index (χ0v) is 26.3. The summed E-state index contributed by atoms with van der Waals surface area (Å²) >= 11 is 0. The number of nitrogens with zero attached hydrogens (tertiary/aromatic N) is 4. The quantitative estimate of drug-likeness (QED) is 0.236. The Morgan fingerprint density at radius 1 is 0.870 bits per heavy atom. The number of hydrogen-bond acceptors (Lipinski definition) is 6. The summed E-state index contributed by atoms with van der Waals surface area (Å²) in [6.07, 6.45) is 7.60. The largest absolute Gasteiger partial charge is 0.490 e. The second kappa shape index (κ2) is 12.7. The van der Waals surface area contributed by atoms with E-state index in [0.29, 0.717) is 55.5 Å². The predicted octanol–water partition coefficient (Wildman–Crippen LogP) is 6.26. The summed E-state index contributed by atoms with van der Waals surface area (Å²) in [5.74, 6) is 1.09. The molecule has 46 heavy (non-hydrogen) atoms. The average Bonchev–Trinajstić information content (AvgIpc) is 3.59. The minimum Gasteiger partial charge on any atom is -0.490 e. The van der Waals surface area contributed by atoms with Crippen LogP contribution < -0.4 is 19.4 Å². The van der Waals surface area contributed by atoms with Crippen LogP contribution in [0.4, 0.5) is 11.4 Å². The van der Waals surface area contributed by atoms with Gasteiger partial charge in [0.1, 0.15) is 0 Å².